The van der Waals surface area contributed by atoms with Crippen LogP contribution in [0.1, 0.15) is 12.5 Å². The van der Waals surface area contributed by atoms with Crippen LogP contribution in [0.2, 0.25) is 0 Å². The lowest BCUT2D eigenvalue weighted by Gasteiger charge is -2.14. The SMILES string of the molecule is C[C@@H](NC(=O)OCc1ccccc1)C(=O)Nc1cnc2ccccc2c1. The maximum atomic E-state index is 12.2. The molecule has 2 N–H and O–H groups in total. The van der Waals surface area contributed by atoms with Gasteiger partial charge in [0.15, 0.2) is 0 Å². The molecule has 0 aliphatic heterocycles. The lowest BCUT2D eigenvalue weighted by Crippen LogP contribution is -2.41. The molecule has 2 amide bonds. The van der Waals surface area contributed by atoms with Gasteiger partial charge in [-0.3, -0.25) is 9.78 Å². The number of nitrogens with zero attached hydrogens (tertiary/aromatic N) is 1. The van der Waals surface area contributed by atoms with Gasteiger partial charge < -0.3 is 15.4 Å². The number of carbonyl (C=O) groups is 2. The van der Waals surface area contributed by atoms with E-state index in [2.05, 4.69) is 15.6 Å². The molecule has 0 spiro atoms. The Labute approximate surface area is 151 Å². The number of pyridine rings is 1. The predicted octanol–water partition coefficient (Wildman–Crippen LogP) is 3.49. The first kappa shape index (κ1) is 17.4. The van der Waals surface area contributed by atoms with E-state index in [9.17, 15) is 9.59 Å². The van der Waals surface area contributed by atoms with E-state index < -0.39 is 12.1 Å². The van der Waals surface area contributed by atoms with Gasteiger partial charge in [-0.05, 0) is 24.6 Å². The molecule has 0 fully saturated rings. The number of anilines is 1. The fourth-order valence-corrected chi connectivity index (χ4v) is 2.40. The number of para-hydroxylation sites is 1. The minimum absolute atomic E-state index is 0.148. The van der Waals surface area contributed by atoms with Crippen LogP contribution in [0, 0.1) is 0 Å². The zero-order valence-corrected chi connectivity index (χ0v) is 14.3. The van der Waals surface area contributed by atoms with Crippen LogP contribution in [0.15, 0.2) is 66.9 Å². The summed E-state index contributed by atoms with van der Waals surface area (Å²) in [4.78, 5) is 28.4. The summed E-state index contributed by atoms with van der Waals surface area (Å²) < 4.78 is 5.11. The predicted molar refractivity (Wildman–Crippen MR) is 99.6 cm³/mol. The molecule has 0 saturated carbocycles. The van der Waals surface area contributed by atoms with Crippen LogP contribution in [0.4, 0.5) is 10.5 Å². The first-order valence-electron chi connectivity index (χ1n) is 8.25. The second kappa shape index (κ2) is 8.11. The van der Waals surface area contributed by atoms with Crippen molar-refractivity contribution < 1.29 is 14.3 Å². The summed E-state index contributed by atoms with van der Waals surface area (Å²) in [6.07, 6.45) is 0.939. The van der Waals surface area contributed by atoms with Gasteiger partial charge >= 0.3 is 6.09 Å². The van der Waals surface area contributed by atoms with Crippen molar-refractivity contribution in [3.8, 4) is 0 Å². The van der Waals surface area contributed by atoms with Gasteiger partial charge in [0, 0.05) is 5.39 Å². The summed E-state index contributed by atoms with van der Waals surface area (Å²) in [5.41, 5.74) is 2.29. The van der Waals surface area contributed by atoms with Gasteiger partial charge in [-0.1, -0.05) is 48.5 Å². The van der Waals surface area contributed by atoms with Crippen LogP contribution >= 0.6 is 0 Å². The molecule has 0 unspecified atom stereocenters. The Bertz CT molecular complexity index is 912. The number of ether oxygens (including phenoxy) is 1. The molecular formula is C20H19N3O3. The van der Waals surface area contributed by atoms with Crippen molar-refractivity contribution in [1.82, 2.24) is 10.3 Å². The van der Waals surface area contributed by atoms with E-state index in [0.29, 0.717) is 5.69 Å². The molecule has 0 saturated heterocycles. The van der Waals surface area contributed by atoms with Gasteiger partial charge in [-0.15, -0.1) is 0 Å². The third kappa shape index (κ3) is 4.57. The standard InChI is InChI=1S/C20H19N3O3/c1-14(22-20(25)26-13-15-7-3-2-4-8-15)19(24)23-17-11-16-9-5-6-10-18(16)21-12-17/h2-12,14H,13H2,1H3,(H,22,25)(H,23,24)/t14-/m1/s1. The lowest BCUT2D eigenvalue weighted by molar-refractivity contribution is -0.117. The molecule has 1 atom stereocenters. The Balaban J connectivity index is 1.52. The van der Waals surface area contributed by atoms with Crippen LogP contribution in [-0.4, -0.2) is 23.0 Å². The number of fused-ring (bicyclic) bond motifs is 1. The number of aromatic nitrogens is 1. The van der Waals surface area contributed by atoms with E-state index in [4.69, 9.17) is 4.74 Å². The zero-order valence-electron chi connectivity index (χ0n) is 14.3. The molecule has 3 aromatic rings. The van der Waals surface area contributed by atoms with E-state index in [0.717, 1.165) is 16.5 Å². The minimum Gasteiger partial charge on any atom is -0.445 e. The fraction of sp³-hybridized carbons (Fsp3) is 0.150. The van der Waals surface area contributed by atoms with Crippen LogP contribution in [0.5, 0.6) is 0 Å². The number of amides is 2. The number of alkyl carbamates (subject to hydrolysis) is 1. The molecule has 6 heteroatoms. The van der Waals surface area contributed by atoms with Gasteiger partial charge in [-0.25, -0.2) is 4.79 Å². The van der Waals surface area contributed by atoms with E-state index >= 15 is 0 Å². The highest BCUT2D eigenvalue weighted by Crippen LogP contribution is 2.16. The van der Waals surface area contributed by atoms with Gasteiger partial charge in [-0.2, -0.15) is 0 Å². The van der Waals surface area contributed by atoms with Crippen molar-refractivity contribution in [3.63, 3.8) is 0 Å². The van der Waals surface area contributed by atoms with E-state index in [1.165, 1.54) is 0 Å². The van der Waals surface area contributed by atoms with Gasteiger partial charge in [0.05, 0.1) is 17.4 Å². The number of carbonyl (C=O) groups excluding carboxylic acids is 2. The number of benzene rings is 2. The maximum Gasteiger partial charge on any atom is 0.408 e. The average molecular weight is 349 g/mol. The molecule has 6 nitrogen and oxygen atoms in total. The smallest absolute Gasteiger partial charge is 0.408 e. The molecule has 0 radical (unpaired) electrons. The summed E-state index contributed by atoms with van der Waals surface area (Å²) in [5.74, 6) is -0.348. The van der Waals surface area contributed by atoms with Gasteiger partial charge in [0.1, 0.15) is 12.6 Å². The first-order chi connectivity index (χ1) is 12.6. The Morgan fingerprint density at radius 2 is 1.81 bits per heavy atom. The number of nitrogens with one attached hydrogen (secondary N) is 2. The summed E-state index contributed by atoms with van der Waals surface area (Å²) in [6, 6.07) is 18.0. The topological polar surface area (TPSA) is 80.3 Å². The first-order valence-corrected chi connectivity index (χ1v) is 8.25. The van der Waals surface area contributed by atoms with Crippen molar-refractivity contribution >= 4 is 28.6 Å². The average Bonchev–Trinajstić information content (AvgIpc) is 2.67. The van der Waals surface area contributed by atoms with Crippen molar-refractivity contribution in [3.05, 3.63) is 72.4 Å². The summed E-state index contributed by atoms with van der Waals surface area (Å²) in [5, 5.41) is 6.18. The number of rotatable bonds is 5. The third-order valence-corrected chi connectivity index (χ3v) is 3.80. The number of hydrogen-bond donors (Lipinski definition) is 2. The molecule has 0 aliphatic rings. The van der Waals surface area contributed by atoms with E-state index in [1.54, 1.807) is 13.1 Å². The molecule has 132 valence electrons. The summed E-state index contributed by atoms with van der Waals surface area (Å²) >= 11 is 0. The van der Waals surface area contributed by atoms with Gasteiger partial charge in [0.25, 0.3) is 0 Å². The molecule has 3 rings (SSSR count). The van der Waals surface area contributed by atoms with Crippen molar-refractivity contribution in [2.75, 3.05) is 5.32 Å². The lowest BCUT2D eigenvalue weighted by atomic mass is 10.2. The molecule has 0 aliphatic carbocycles. The molecule has 1 heterocycles. The zero-order chi connectivity index (χ0) is 18.4. The highest BCUT2D eigenvalue weighted by atomic mass is 16.5. The van der Waals surface area contributed by atoms with Crippen molar-refractivity contribution in [1.29, 1.82) is 0 Å². The fourth-order valence-electron chi connectivity index (χ4n) is 2.40. The monoisotopic (exact) mass is 349 g/mol. The largest absolute Gasteiger partial charge is 0.445 e. The highest BCUT2D eigenvalue weighted by molar-refractivity contribution is 5.97. The van der Waals surface area contributed by atoms with Crippen molar-refractivity contribution in [2.45, 2.75) is 19.6 Å². The van der Waals surface area contributed by atoms with E-state index in [1.807, 2.05) is 60.7 Å². The summed E-state index contributed by atoms with van der Waals surface area (Å²) in [7, 11) is 0. The molecule has 0 bridgehead atoms. The Hall–Kier alpha value is -3.41. The second-order valence-corrected chi connectivity index (χ2v) is 5.83. The quantitative estimate of drug-likeness (QED) is 0.739. The highest BCUT2D eigenvalue weighted by Gasteiger charge is 2.16. The van der Waals surface area contributed by atoms with E-state index in [-0.39, 0.29) is 12.5 Å². The summed E-state index contributed by atoms with van der Waals surface area (Å²) in [6.45, 7) is 1.74. The Morgan fingerprint density at radius 3 is 2.62 bits per heavy atom. The number of hydrogen-bond acceptors (Lipinski definition) is 4. The molecule has 2 aromatic carbocycles. The Kier molecular flexibility index (Phi) is 5.43. The van der Waals surface area contributed by atoms with Crippen LogP contribution in [0.3, 0.4) is 0 Å². The molecular weight excluding hydrogens is 330 g/mol. The third-order valence-electron chi connectivity index (χ3n) is 3.80. The van der Waals surface area contributed by atoms with Gasteiger partial charge in [0.2, 0.25) is 5.91 Å². The second-order valence-electron chi connectivity index (χ2n) is 5.83. The van der Waals surface area contributed by atoms with Crippen LogP contribution in [0.25, 0.3) is 10.9 Å². The molecule has 1 aromatic heterocycles. The maximum absolute atomic E-state index is 12.2. The minimum atomic E-state index is -0.746. The molecule has 26 heavy (non-hydrogen) atoms. The van der Waals surface area contributed by atoms with Crippen molar-refractivity contribution in [2.24, 2.45) is 0 Å². The Morgan fingerprint density at radius 1 is 1.08 bits per heavy atom. The van der Waals surface area contributed by atoms with Crippen LogP contribution < -0.4 is 10.6 Å². The van der Waals surface area contributed by atoms with Crippen LogP contribution in [-0.2, 0) is 16.1 Å². The normalized spacial score (nSPS) is 11.6.